The van der Waals surface area contributed by atoms with Crippen LogP contribution in [-0.2, 0) is 16.2 Å². The number of rotatable bonds is 3. The highest BCUT2D eigenvalue weighted by Gasteiger charge is 2.59. The lowest BCUT2D eigenvalue weighted by Gasteiger charge is -2.47. The normalized spacial score (nSPS) is 20.9. The van der Waals surface area contributed by atoms with E-state index in [2.05, 4.69) is 204 Å². The maximum atomic E-state index is 2.74. The standard InChI is InChI=1S/C51H52BN3/c1-48(2,3)34-23-26-37(27-24-34)54-44-28-25-35(49(4,5)6)31-41(44)52-40-20-13-15-22-43(40)53(36-17-10-9-11-18-36)45-32-38(33-46(54)47(45)52)55-42-21-14-12-19-39(42)50(7)29-16-30-51(50,55)8/h9-15,17-28,31-33H,16,29-30H2,1-8H3. The molecule has 1 saturated carbocycles. The van der Waals surface area contributed by atoms with E-state index in [0.717, 1.165) is 6.42 Å². The third-order valence-corrected chi connectivity index (χ3v) is 13.9. The quantitative estimate of drug-likeness (QED) is 0.169. The summed E-state index contributed by atoms with van der Waals surface area (Å²) >= 11 is 0. The Hall–Kier alpha value is -5.22. The second kappa shape index (κ2) is 11.6. The Balaban J connectivity index is 1.32. The maximum absolute atomic E-state index is 2.74. The van der Waals surface area contributed by atoms with E-state index < -0.39 is 0 Å². The molecule has 0 bridgehead atoms. The van der Waals surface area contributed by atoms with Crippen LogP contribution in [0.4, 0.5) is 45.5 Å². The van der Waals surface area contributed by atoms with E-state index in [-0.39, 0.29) is 28.5 Å². The fourth-order valence-corrected chi connectivity index (χ4v) is 10.7. The van der Waals surface area contributed by atoms with E-state index >= 15 is 0 Å². The van der Waals surface area contributed by atoms with Crippen LogP contribution in [0.5, 0.6) is 0 Å². The van der Waals surface area contributed by atoms with Crippen molar-refractivity contribution in [3.05, 3.63) is 150 Å². The molecule has 0 spiro atoms. The molecular formula is C51H52BN3. The molecule has 0 saturated heterocycles. The average Bonchev–Trinajstić information content (AvgIpc) is 3.58. The molecule has 0 N–H and O–H groups in total. The van der Waals surface area contributed by atoms with Crippen molar-refractivity contribution in [2.75, 3.05) is 14.7 Å². The third-order valence-electron chi connectivity index (χ3n) is 13.9. The first-order chi connectivity index (χ1) is 26.3. The van der Waals surface area contributed by atoms with Crippen molar-refractivity contribution in [1.82, 2.24) is 0 Å². The lowest BCUT2D eigenvalue weighted by molar-refractivity contribution is 0.330. The van der Waals surface area contributed by atoms with Gasteiger partial charge in [0.1, 0.15) is 0 Å². The minimum Gasteiger partial charge on any atom is -0.334 e. The molecule has 1 fully saturated rings. The zero-order valence-electron chi connectivity index (χ0n) is 33.7. The summed E-state index contributed by atoms with van der Waals surface area (Å²) in [6, 6.07) is 51.2. The number of fused-ring (bicyclic) bond motifs is 7. The summed E-state index contributed by atoms with van der Waals surface area (Å²) in [5, 5.41) is 0. The number of hydrogen-bond donors (Lipinski definition) is 0. The molecule has 0 amide bonds. The Bertz CT molecular complexity index is 2490. The highest BCUT2D eigenvalue weighted by Crippen LogP contribution is 2.63. The fourth-order valence-electron chi connectivity index (χ4n) is 10.7. The fraction of sp³-hybridized carbons (Fsp3) is 0.294. The molecule has 3 aliphatic heterocycles. The SMILES string of the molecule is CC(C)(C)c1ccc(N2c3ccc(C(C)(C)C)cc3B3c4ccccc4N(c4ccccc4)c4cc(N5c6ccccc6C6(C)CCCC56C)cc2c43)cc1. The van der Waals surface area contributed by atoms with Crippen molar-refractivity contribution < 1.29 is 0 Å². The minimum absolute atomic E-state index is 0.0119. The van der Waals surface area contributed by atoms with Crippen LogP contribution in [0, 0.1) is 0 Å². The van der Waals surface area contributed by atoms with Crippen LogP contribution in [0.1, 0.15) is 91.3 Å². The Morgan fingerprint density at radius 1 is 0.491 bits per heavy atom. The highest BCUT2D eigenvalue weighted by atomic mass is 15.3. The molecule has 55 heavy (non-hydrogen) atoms. The topological polar surface area (TPSA) is 9.72 Å². The molecule has 4 aliphatic rings. The Morgan fingerprint density at radius 3 is 1.73 bits per heavy atom. The molecule has 2 atom stereocenters. The summed E-state index contributed by atoms with van der Waals surface area (Å²) in [7, 11) is 0. The molecule has 4 heteroatoms. The summed E-state index contributed by atoms with van der Waals surface area (Å²) in [6.07, 6.45) is 3.60. The third kappa shape index (κ3) is 4.82. The van der Waals surface area contributed by atoms with Gasteiger partial charge in [-0.25, -0.2) is 0 Å². The van der Waals surface area contributed by atoms with Crippen LogP contribution < -0.4 is 31.1 Å². The van der Waals surface area contributed by atoms with Crippen molar-refractivity contribution in [3.63, 3.8) is 0 Å². The number of nitrogens with zero attached hydrogens (tertiary/aromatic N) is 3. The van der Waals surface area contributed by atoms with Crippen LogP contribution in [0.25, 0.3) is 0 Å². The zero-order chi connectivity index (χ0) is 38.1. The lowest BCUT2D eigenvalue weighted by atomic mass is 9.33. The van der Waals surface area contributed by atoms with Gasteiger partial charge in [0.05, 0.1) is 5.54 Å². The summed E-state index contributed by atoms with van der Waals surface area (Å²) in [6.45, 7) is 19.1. The first kappa shape index (κ1) is 34.3. The number of hydrogen-bond acceptors (Lipinski definition) is 3. The van der Waals surface area contributed by atoms with Gasteiger partial charge in [0.2, 0.25) is 0 Å². The minimum atomic E-state index is -0.0471. The van der Waals surface area contributed by atoms with Crippen molar-refractivity contribution in [1.29, 1.82) is 0 Å². The largest absolute Gasteiger partial charge is 0.334 e. The van der Waals surface area contributed by atoms with Crippen LogP contribution in [0.15, 0.2) is 133 Å². The van der Waals surface area contributed by atoms with Crippen molar-refractivity contribution in [2.45, 2.75) is 96.4 Å². The highest BCUT2D eigenvalue weighted by molar-refractivity contribution is 7.00. The van der Waals surface area contributed by atoms with Crippen LogP contribution >= 0.6 is 0 Å². The smallest absolute Gasteiger partial charge is 0.252 e. The summed E-state index contributed by atoms with van der Waals surface area (Å²) in [5.41, 5.74) is 18.4. The first-order valence-electron chi connectivity index (χ1n) is 20.4. The lowest BCUT2D eigenvalue weighted by Crippen LogP contribution is -2.61. The molecule has 274 valence electrons. The van der Waals surface area contributed by atoms with E-state index in [9.17, 15) is 0 Å². The molecule has 1 aliphatic carbocycles. The van der Waals surface area contributed by atoms with Crippen LogP contribution in [0.3, 0.4) is 0 Å². The van der Waals surface area contributed by atoms with E-state index in [1.165, 1.54) is 91.4 Å². The Kier molecular flexibility index (Phi) is 7.26. The monoisotopic (exact) mass is 717 g/mol. The predicted octanol–water partition coefficient (Wildman–Crippen LogP) is 11.7. The summed E-state index contributed by atoms with van der Waals surface area (Å²) < 4.78 is 0. The molecule has 3 nitrogen and oxygen atoms in total. The molecule has 6 aromatic carbocycles. The number of para-hydroxylation sites is 3. The van der Waals surface area contributed by atoms with Gasteiger partial charge in [0.15, 0.2) is 0 Å². The Morgan fingerprint density at radius 2 is 1.05 bits per heavy atom. The van der Waals surface area contributed by atoms with Crippen molar-refractivity contribution in [3.8, 4) is 0 Å². The Labute approximate surface area is 328 Å². The van der Waals surface area contributed by atoms with Gasteiger partial charge in [-0.2, -0.15) is 0 Å². The van der Waals surface area contributed by atoms with E-state index in [1.54, 1.807) is 0 Å². The first-order valence-corrected chi connectivity index (χ1v) is 20.4. The van der Waals surface area contributed by atoms with Crippen molar-refractivity contribution >= 4 is 68.6 Å². The number of benzene rings is 6. The summed E-state index contributed by atoms with van der Waals surface area (Å²) in [4.78, 5) is 7.87. The molecule has 2 unspecified atom stereocenters. The van der Waals surface area contributed by atoms with Crippen LogP contribution in [-0.4, -0.2) is 12.3 Å². The van der Waals surface area contributed by atoms with Gasteiger partial charge in [-0.15, -0.1) is 0 Å². The van der Waals surface area contributed by atoms with Crippen molar-refractivity contribution in [2.24, 2.45) is 0 Å². The molecule has 0 radical (unpaired) electrons. The maximum Gasteiger partial charge on any atom is 0.252 e. The van der Waals surface area contributed by atoms with Crippen LogP contribution in [0.2, 0.25) is 0 Å². The predicted molar refractivity (Wildman–Crippen MR) is 236 cm³/mol. The van der Waals surface area contributed by atoms with Gasteiger partial charge in [-0.05, 0) is 118 Å². The zero-order valence-corrected chi connectivity index (χ0v) is 33.7. The number of anilines is 8. The summed E-state index contributed by atoms with van der Waals surface area (Å²) in [5.74, 6) is 0. The molecular weight excluding hydrogens is 665 g/mol. The van der Waals surface area contributed by atoms with Gasteiger partial charge in [-0.1, -0.05) is 134 Å². The van der Waals surface area contributed by atoms with E-state index in [0.29, 0.717) is 0 Å². The second-order valence-corrected chi connectivity index (χ2v) is 19.0. The average molecular weight is 718 g/mol. The molecule has 3 heterocycles. The molecule has 6 aromatic rings. The second-order valence-electron chi connectivity index (χ2n) is 19.0. The van der Waals surface area contributed by atoms with Gasteiger partial charge in [0, 0.05) is 50.9 Å². The van der Waals surface area contributed by atoms with Gasteiger partial charge in [0.25, 0.3) is 6.71 Å². The van der Waals surface area contributed by atoms with E-state index in [1.807, 2.05) is 0 Å². The van der Waals surface area contributed by atoms with Gasteiger partial charge >= 0.3 is 0 Å². The molecule has 0 aromatic heterocycles. The van der Waals surface area contributed by atoms with Gasteiger partial charge in [-0.3, -0.25) is 0 Å². The molecule has 10 rings (SSSR count). The van der Waals surface area contributed by atoms with Gasteiger partial charge < -0.3 is 14.7 Å². The van der Waals surface area contributed by atoms with E-state index in [4.69, 9.17) is 0 Å².